The Morgan fingerprint density at radius 2 is 2.27 bits per heavy atom. The predicted octanol–water partition coefficient (Wildman–Crippen LogP) is 1.67. The van der Waals surface area contributed by atoms with Gasteiger partial charge in [-0.25, -0.2) is 9.97 Å². The molecule has 0 aromatic carbocycles. The third-order valence-corrected chi connectivity index (χ3v) is 4.52. The Kier molecular flexibility index (Phi) is 4.92. The van der Waals surface area contributed by atoms with Crippen molar-refractivity contribution in [1.29, 1.82) is 0 Å². The van der Waals surface area contributed by atoms with Gasteiger partial charge in [-0.15, -0.1) is 0 Å². The maximum atomic E-state index is 12.4. The highest BCUT2D eigenvalue weighted by Gasteiger charge is 2.31. The van der Waals surface area contributed by atoms with Crippen LogP contribution in [0.15, 0.2) is 25.0 Å². The van der Waals surface area contributed by atoms with Crippen molar-refractivity contribution in [3.63, 3.8) is 0 Å². The first-order valence-electron chi connectivity index (χ1n) is 8.73. The van der Waals surface area contributed by atoms with E-state index >= 15 is 0 Å². The molecule has 1 atom stereocenters. The van der Waals surface area contributed by atoms with Gasteiger partial charge in [0, 0.05) is 25.8 Å². The highest BCUT2D eigenvalue weighted by atomic mass is 16.2. The van der Waals surface area contributed by atoms with E-state index in [0.29, 0.717) is 29.1 Å². The third kappa shape index (κ3) is 3.26. The van der Waals surface area contributed by atoms with Crippen molar-refractivity contribution < 1.29 is 9.59 Å². The SMILES string of the molecule is C=CC(=O)N1CCC[C@H]1N(C)c1cnc2[nH]cc(C(=O)NC(C)C)c2n1. The summed E-state index contributed by atoms with van der Waals surface area (Å²) >= 11 is 0. The average molecular weight is 356 g/mol. The van der Waals surface area contributed by atoms with Gasteiger partial charge in [0.15, 0.2) is 5.65 Å². The van der Waals surface area contributed by atoms with E-state index in [4.69, 9.17) is 0 Å². The van der Waals surface area contributed by atoms with Crippen LogP contribution in [0, 0.1) is 0 Å². The van der Waals surface area contributed by atoms with Crippen molar-refractivity contribution in [3.8, 4) is 0 Å². The first-order chi connectivity index (χ1) is 12.4. The zero-order valence-electron chi connectivity index (χ0n) is 15.3. The van der Waals surface area contributed by atoms with Gasteiger partial charge in [-0.2, -0.15) is 0 Å². The van der Waals surface area contributed by atoms with Crippen molar-refractivity contribution in [2.75, 3.05) is 18.5 Å². The lowest BCUT2D eigenvalue weighted by molar-refractivity contribution is -0.126. The molecule has 0 spiro atoms. The Morgan fingerprint density at radius 1 is 1.50 bits per heavy atom. The minimum Gasteiger partial charge on any atom is -0.350 e. The molecule has 3 heterocycles. The summed E-state index contributed by atoms with van der Waals surface area (Å²) in [5.74, 6) is 0.334. The van der Waals surface area contributed by atoms with Crippen molar-refractivity contribution in [2.45, 2.75) is 38.9 Å². The van der Waals surface area contributed by atoms with Gasteiger partial charge in [0.2, 0.25) is 5.91 Å². The molecule has 0 saturated carbocycles. The Hall–Kier alpha value is -2.90. The molecule has 0 radical (unpaired) electrons. The van der Waals surface area contributed by atoms with Crippen LogP contribution in [0.1, 0.15) is 37.0 Å². The van der Waals surface area contributed by atoms with Crippen LogP contribution in [-0.4, -0.2) is 57.5 Å². The molecule has 138 valence electrons. The van der Waals surface area contributed by atoms with Crippen LogP contribution in [0.4, 0.5) is 5.82 Å². The molecule has 3 rings (SSSR count). The number of carbonyl (C=O) groups excluding carboxylic acids is 2. The zero-order chi connectivity index (χ0) is 18.8. The highest BCUT2D eigenvalue weighted by Crippen LogP contribution is 2.25. The number of nitrogens with one attached hydrogen (secondary N) is 2. The molecule has 8 nitrogen and oxygen atoms in total. The van der Waals surface area contributed by atoms with Crippen LogP contribution < -0.4 is 10.2 Å². The monoisotopic (exact) mass is 356 g/mol. The number of H-pyrrole nitrogens is 1. The van der Waals surface area contributed by atoms with Crippen molar-refractivity contribution >= 4 is 28.8 Å². The van der Waals surface area contributed by atoms with Crippen LogP contribution in [0.25, 0.3) is 11.2 Å². The van der Waals surface area contributed by atoms with E-state index in [1.54, 1.807) is 17.3 Å². The largest absolute Gasteiger partial charge is 0.350 e. The summed E-state index contributed by atoms with van der Waals surface area (Å²) in [4.78, 5) is 40.1. The second kappa shape index (κ2) is 7.15. The molecular formula is C18H24N6O2. The molecule has 1 saturated heterocycles. The van der Waals surface area contributed by atoms with Gasteiger partial charge >= 0.3 is 0 Å². The zero-order valence-corrected chi connectivity index (χ0v) is 15.3. The van der Waals surface area contributed by atoms with E-state index in [2.05, 4.69) is 26.8 Å². The Bertz CT molecular complexity index is 843. The lowest BCUT2D eigenvalue weighted by Crippen LogP contribution is -2.45. The van der Waals surface area contributed by atoms with E-state index in [9.17, 15) is 9.59 Å². The Balaban J connectivity index is 1.91. The van der Waals surface area contributed by atoms with Crippen molar-refractivity contribution in [3.05, 3.63) is 30.6 Å². The Labute approximate surface area is 152 Å². The fraction of sp³-hybridized carbons (Fsp3) is 0.444. The van der Waals surface area contributed by atoms with Crippen LogP contribution in [0.3, 0.4) is 0 Å². The standard InChI is InChI=1S/C18H24N6O2/c1-5-15(25)24-8-6-7-14(24)23(4)13-10-20-17-16(22-13)12(9-19-17)18(26)21-11(2)3/h5,9-11,14H,1,6-8H2,2-4H3,(H,19,20)(H,21,26)/t14-/m0/s1. The number of carbonyl (C=O) groups is 2. The molecule has 2 amide bonds. The number of hydrogen-bond acceptors (Lipinski definition) is 5. The first-order valence-corrected chi connectivity index (χ1v) is 8.73. The lowest BCUT2D eigenvalue weighted by Gasteiger charge is -2.32. The second-order valence-corrected chi connectivity index (χ2v) is 6.73. The minimum atomic E-state index is -0.190. The summed E-state index contributed by atoms with van der Waals surface area (Å²) in [6.45, 7) is 8.08. The number of aromatic amines is 1. The van der Waals surface area contributed by atoms with Crippen molar-refractivity contribution in [2.24, 2.45) is 0 Å². The number of anilines is 1. The summed E-state index contributed by atoms with van der Waals surface area (Å²) in [5, 5.41) is 2.87. The summed E-state index contributed by atoms with van der Waals surface area (Å²) in [6, 6.07) is 0.0308. The molecule has 0 aliphatic carbocycles. The fourth-order valence-electron chi connectivity index (χ4n) is 3.24. The van der Waals surface area contributed by atoms with E-state index in [1.807, 2.05) is 25.8 Å². The molecule has 1 aliphatic rings. The fourth-order valence-corrected chi connectivity index (χ4v) is 3.24. The molecule has 0 bridgehead atoms. The number of hydrogen-bond donors (Lipinski definition) is 2. The van der Waals surface area contributed by atoms with Gasteiger partial charge in [0.1, 0.15) is 17.5 Å². The smallest absolute Gasteiger partial charge is 0.255 e. The lowest BCUT2D eigenvalue weighted by atomic mass is 10.2. The molecule has 0 unspecified atom stereocenters. The molecular weight excluding hydrogens is 332 g/mol. The van der Waals surface area contributed by atoms with Crippen LogP contribution >= 0.6 is 0 Å². The number of fused-ring (bicyclic) bond motifs is 1. The second-order valence-electron chi connectivity index (χ2n) is 6.73. The van der Waals surface area contributed by atoms with E-state index in [1.165, 1.54) is 6.08 Å². The molecule has 1 fully saturated rings. The van der Waals surface area contributed by atoms with Crippen LogP contribution in [-0.2, 0) is 4.79 Å². The van der Waals surface area contributed by atoms with E-state index in [-0.39, 0.29) is 24.0 Å². The van der Waals surface area contributed by atoms with E-state index in [0.717, 1.165) is 12.8 Å². The maximum Gasteiger partial charge on any atom is 0.255 e. The normalized spacial score (nSPS) is 16.9. The first kappa shape index (κ1) is 17.9. The van der Waals surface area contributed by atoms with Gasteiger partial charge in [0.25, 0.3) is 5.91 Å². The average Bonchev–Trinajstić information content (AvgIpc) is 3.26. The van der Waals surface area contributed by atoms with Gasteiger partial charge in [-0.3, -0.25) is 9.59 Å². The topological polar surface area (TPSA) is 94.2 Å². The van der Waals surface area contributed by atoms with Crippen LogP contribution in [0.5, 0.6) is 0 Å². The maximum absolute atomic E-state index is 12.4. The predicted molar refractivity (Wildman–Crippen MR) is 99.8 cm³/mol. The van der Waals surface area contributed by atoms with Crippen LogP contribution in [0.2, 0.25) is 0 Å². The summed E-state index contributed by atoms with van der Waals surface area (Å²) in [7, 11) is 1.88. The number of rotatable bonds is 5. The summed E-state index contributed by atoms with van der Waals surface area (Å²) < 4.78 is 0. The number of aromatic nitrogens is 3. The summed E-state index contributed by atoms with van der Waals surface area (Å²) in [6.07, 6.45) is 6.29. The van der Waals surface area contributed by atoms with Gasteiger partial charge in [-0.1, -0.05) is 6.58 Å². The molecule has 2 aromatic heterocycles. The highest BCUT2D eigenvalue weighted by molar-refractivity contribution is 6.04. The summed E-state index contributed by atoms with van der Waals surface area (Å²) in [5.41, 5.74) is 1.54. The number of amides is 2. The molecule has 26 heavy (non-hydrogen) atoms. The van der Waals surface area contributed by atoms with Gasteiger partial charge in [-0.05, 0) is 32.8 Å². The van der Waals surface area contributed by atoms with Gasteiger partial charge in [0.05, 0.1) is 11.8 Å². The molecule has 1 aliphatic heterocycles. The van der Waals surface area contributed by atoms with E-state index < -0.39 is 0 Å². The number of likely N-dealkylation sites (tertiary alicyclic amines) is 1. The minimum absolute atomic E-state index is 0.0308. The quantitative estimate of drug-likeness (QED) is 0.795. The molecule has 2 aromatic rings. The third-order valence-electron chi connectivity index (χ3n) is 4.52. The molecule has 8 heteroatoms. The van der Waals surface area contributed by atoms with Gasteiger partial charge < -0.3 is 20.1 Å². The van der Waals surface area contributed by atoms with Crippen molar-refractivity contribution in [1.82, 2.24) is 25.2 Å². The Morgan fingerprint density at radius 3 is 2.96 bits per heavy atom. The molecule has 2 N–H and O–H groups in total. The number of nitrogens with zero attached hydrogens (tertiary/aromatic N) is 4.